The van der Waals surface area contributed by atoms with Gasteiger partial charge in [0.2, 0.25) is 0 Å². The monoisotopic (exact) mass is 272 g/mol. The first-order valence-corrected chi connectivity index (χ1v) is 5.94. The molecule has 0 aromatic carbocycles. The zero-order chi connectivity index (χ0) is 10.9. The first kappa shape index (κ1) is 10.7. The van der Waals surface area contributed by atoms with E-state index in [0.717, 1.165) is 19.3 Å². The number of carbonyl (C=O) groups is 1. The van der Waals surface area contributed by atoms with Crippen molar-refractivity contribution in [3.63, 3.8) is 0 Å². The molecule has 1 N–H and O–H groups in total. The summed E-state index contributed by atoms with van der Waals surface area (Å²) in [6.07, 6.45) is 4.41. The van der Waals surface area contributed by atoms with E-state index in [-0.39, 0.29) is 0 Å². The number of furan rings is 1. The third kappa shape index (κ3) is 1.83. The van der Waals surface area contributed by atoms with Gasteiger partial charge >= 0.3 is 5.97 Å². The lowest BCUT2D eigenvalue weighted by Gasteiger charge is -2.30. The van der Waals surface area contributed by atoms with Gasteiger partial charge in [-0.1, -0.05) is 19.3 Å². The molecule has 0 amide bonds. The molecule has 1 heterocycles. The molecule has 1 aromatic heterocycles. The van der Waals surface area contributed by atoms with Crippen LogP contribution in [0.1, 0.15) is 37.9 Å². The summed E-state index contributed by atoms with van der Waals surface area (Å²) in [6, 6.07) is 3.53. The van der Waals surface area contributed by atoms with Crippen LogP contribution in [0.5, 0.6) is 0 Å². The maximum Gasteiger partial charge on any atom is 0.317 e. The van der Waals surface area contributed by atoms with Crippen molar-refractivity contribution in [2.45, 2.75) is 37.5 Å². The molecule has 0 bridgehead atoms. The lowest BCUT2D eigenvalue weighted by atomic mass is 9.72. The number of hydrogen-bond acceptors (Lipinski definition) is 2. The van der Waals surface area contributed by atoms with Gasteiger partial charge < -0.3 is 9.52 Å². The normalized spacial score (nSPS) is 20.1. The van der Waals surface area contributed by atoms with Crippen LogP contribution >= 0.6 is 15.9 Å². The van der Waals surface area contributed by atoms with Crippen LogP contribution in [0.25, 0.3) is 0 Å². The fraction of sp³-hybridized carbons (Fsp3) is 0.545. The highest BCUT2D eigenvalue weighted by atomic mass is 79.9. The largest absolute Gasteiger partial charge is 0.480 e. The molecule has 1 fully saturated rings. The van der Waals surface area contributed by atoms with Crippen LogP contribution in [0.4, 0.5) is 0 Å². The van der Waals surface area contributed by atoms with Crippen LogP contribution in [0.15, 0.2) is 21.2 Å². The number of aliphatic carboxylic acids is 1. The maximum atomic E-state index is 11.4. The first-order chi connectivity index (χ1) is 7.15. The van der Waals surface area contributed by atoms with Crippen molar-refractivity contribution in [2.75, 3.05) is 0 Å². The number of carboxylic acids is 1. The molecular formula is C11H13BrO3. The summed E-state index contributed by atoms with van der Waals surface area (Å²) in [5.41, 5.74) is -0.787. The van der Waals surface area contributed by atoms with E-state index in [1.807, 2.05) is 0 Å². The third-order valence-corrected chi connectivity index (χ3v) is 3.59. The van der Waals surface area contributed by atoms with Crippen LogP contribution in [0.3, 0.4) is 0 Å². The Morgan fingerprint density at radius 1 is 1.33 bits per heavy atom. The molecule has 0 unspecified atom stereocenters. The van der Waals surface area contributed by atoms with E-state index in [4.69, 9.17) is 4.42 Å². The second-order valence-electron chi connectivity index (χ2n) is 4.05. The Labute approximate surface area is 96.6 Å². The Morgan fingerprint density at radius 2 is 2.00 bits per heavy atom. The minimum absolute atomic E-state index is 0.585. The van der Waals surface area contributed by atoms with E-state index < -0.39 is 11.4 Å². The third-order valence-electron chi connectivity index (χ3n) is 3.16. The Morgan fingerprint density at radius 3 is 2.47 bits per heavy atom. The molecule has 1 aliphatic carbocycles. The van der Waals surface area contributed by atoms with E-state index in [1.54, 1.807) is 12.1 Å². The Bertz CT molecular complexity index is 364. The summed E-state index contributed by atoms with van der Waals surface area (Å²) in [5.74, 6) is -0.175. The van der Waals surface area contributed by atoms with Gasteiger partial charge in [0.15, 0.2) is 4.67 Å². The molecule has 82 valence electrons. The van der Waals surface area contributed by atoms with Crippen molar-refractivity contribution >= 4 is 21.9 Å². The highest BCUT2D eigenvalue weighted by Gasteiger charge is 2.43. The van der Waals surface area contributed by atoms with Gasteiger partial charge in [-0.3, -0.25) is 4.79 Å². The predicted molar refractivity (Wildman–Crippen MR) is 58.8 cm³/mol. The predicted octanol–water partition coefficient (Wildman–Crippen LogP) is 3.33. The van der Waals surface area contributed by atoms with Crippen LogP contribution < -0.4 is 0 Å². The second-order valence-corrected chi connectivity index (χ2v) is 4.83. The molecule has 0 atom stereocenters. The Kier molecular flexibility index (Phi) is 2.87. The zero-order valence-corrected chi connectivity index (χ0v) is 9.92. The minimum Gasteiger partial charge on any atom is -0.480 e. The average molecular weight is 273 g/mol. The highest BCUT2D eigenvalue weighted by molar-refractivity contribution is 9.10. The molecule has 1 saturated carbocycles. The van der Waals surface area contributed by atoms with Gasteiger partial charge in [-0.15, -0.1) is 0 Å². The van der Waals surface area contributed by atoms with Crippen molar-refractivity contribution in [3.05, 3.63) is 22.6 Å². The van der Waals surface area contributed by atoms with Gasteiger partial charge in [-0.05, 0) is 40.9 Å². The summed E-state index contributed by atoms with van der Waals surface area (Å²) >= 11 is 3.21. The van der Waals surface area contributed by atoms with Crippen molar-refractivity contribution in [1.29, 1.82) is 0 Å². The molecule has 1 aromatic rings. The lowest BCUT2D eigenvalue weighted by molar-refractivity contribution is -0.146. The van der Waals surface area contributed by atoms with E-state index in [9.17, 15) is 9.90 Å². The second kappa shape index (κ2) is 4.00. The summed E-state index contributed by atoms with van der Waals surface area (Å²) in [4.78, 5) is 11.4. The molecule has 3 nitrogen and oxygen atoms in total. The number of halogens is 1. The highest BCUT2D eigenvalue weighted by Crippen LogP contribution is 2.41. The number of carboxylic acid groups (broad SMARTS) is 1. The smallest absolute Gasteiger partial charge is 0.317 e. The van der Waals surface area contributed by atoms with Crippen molar-refractivity contribution in [2.24, 2.45) is 0 Å². The molecule has 15 heavy (non-hydrogen) atoms. The molecular weight excluding hydrogens is 260 g/mol. The van der Waals surface area contributed by atoms with E-state index >= 15 is 0 Å². The van der Waals surface area contributed by atoms with Crippen molar-refractivity contribution in [3.8, 4) is 0 Å². The summed E-state index contributed by atoms with van der Waals surface area (Å²) in [5, 5.41) is 9.38. The van der Waals surface area contributed by atoms with Crippen molar-refractivity contribution in [1.82, 2.24) is 0 Å². The lowest BCUT2D eigenvalue weighted by Crippen LogP contribution is -2.37. The van der Waals surface area contributed by atoms with Gasteiger partial charge in [0, 0.05) is 0 Å². The van der Waals surface area contributed by atoms with E-state index in [2.05, 4.69) is 15.9 Å². The SMILES string of the molecule is O=C(O)C1(c2ccc(Br)o2)CCCCC1. The van der Waals surface area contributed by atoms with Gasteiger partial charge in [0.05, 0.1) is 0 Å². The van der Waals surface area contributed by atoms with Crippen LogP contribution in [0.2, 0.25) is 0 Å². The van der Waals surface area contributed by atoms with Crippen LogP contribution in [-0.4, -0.2) is 11.1 Å². The molecule has 4 heteroatoms. The topological polar surface area (TPSA) is 50.4 Å². The summed E-state index contributed by atoms with van der Waals surface area (Å²) in [7, 11) is 0. The quantitative estimate of drug-likeness (QED) is 0.899. The van der Waals surface area contributed by atoms with Crippen LogP contribution in [0, 0.1) is 0 Å². The molecule has 2 rings (SSSR count). The fourth-order valence-electron chi connectivity index (χ4n) is 2.29. The van der Waals surface area contributed by atoms with E-state index in [0.29, 0.717) is 23.3 Å². The van der Waals surface area contributed by atoms with Crippen molar-refractivity contribution < 1.29 is 14.3 Å². The molecule has 1 aliphatic rings. The van der Waals surface area contributed by atoms with Gasteiger partial charge in [-0.25, -0.2) is 0 Å². The number of rotatable bonds is 2. The standard InChI is InChI=1S/C11H13BrO3/c12-9-5-4-8(15-9)11(10(13)14)6-2-1-3-7-11/h4-5H,1-3,6-7H2,(H,13,14). The fourth-order valence-corrected chi connectivity index (χ4v) is 2.60. The molecule has 0 aliphatic heterocycles. The maximum absolute atomic E-state index is 11.4. The van der Waals surface area contributed by atoms with Gasteiger partial charge in [0.25, 0.3) is 0 Å². The average Bonchev–Trinajstić information content (AvgIpc) is 2.66. The molecule has 0 saturated heterocycles. The Hall–Kier alpha value is -0.770. The Balaban J connectivity index is 2.37. The molecule has 0 radical (unpaired) electrons. The van der Waals surface area contributed by atoms with E-state index in [1.165, 1.54) is 0 Å². The molecule has 0 spiro atoms. The van der Waals surface area contributed by atoms with Gasteiger partial charge in [0.1, 0.15) is 11.2 Å². The zero-order valence-electron chi connectivity index (χ0n) is 8.33. The van der Waals surface area contributed by atoms with Gasteiger partial charge in [-0.2, -0.15) is 0 Å². The first-order valence-electron chi connectivity index (χ1n) is 5.14. The summed E-state index contributed by atoms with van der Waals surface area (Å²) < 4.78 is 6.02. The number of hydrogen-bond donors (Lipinski definition) is 1. The van der Waals surface area contributed by atoms with Crippen LogP contribution in [-0.2, 0) is 10.2 Å². The summed E-state index contributed by atoms with van der Waals surface area (Å²) in [6.45, 7) is 0. The minimum atomic E-state index is -0.787.